The monoisotopic (exact) mass is 306 g/mol. The van der Waals surface area contributed by atoms with Crippen molar-refractivity contribution in [2.75, 3.05) is 0 Å². The summed E-state index contributed by atoms with van der Waals surface area (Å²) in [6.45, 7) is 6.23. The maximum atomic E-state index is 10.4. The third-order valence-corrected chi connectivity index (χ3v) is 4.39. The summed E-state index contributed by atoms with van der Waals surface area (Å²) >= 11 is 0. The Morgan fingerprint density at radius 3 is 2.09 bits per heavy atom. The van der Waals surface area contributed by atoms with Crippen molar-refractivity contribution in [1.29, 1.82) is 0 Å². The normalized spacial score (nSPS) is 12.7. The lowest BCUT2D eigenvalue weighted by atomic mass is 9.74. The van der Waals surface area contributed by atoms with E-state index in [1.165, 1.54) is 0 Å². The van der Waals surface area contributed by atoms with Gasteiger partial charge in [-0.05, 0) is 48.2 Å². The summed E-state index contributed by atoms with van der Waals surface area (Å²) < 4.78 is 0. The van der Waals surface area contributed by atoms with Crippen LogP contribution in [0.5, 0.6) is 0 Å². The van der Waals surface area contributed by atoms with Gasteiger partial charge < -0.3 is 0 Å². The Bertz CT molecular complexity index is 799. The fraction of sp³-hybridized carbons (Fsp3) is 0.263. The number of hydrogen-bond acceptors (Lipinski definition) is 4. The Hall–Kier alpha value is -2.80. The smallest absolute Gasteiger partial charge is 0.211 e. The Kier molecular flexibility index (Phi) is 5.02. The van der Waals surface area contributed by atoms with E-state index >= 15 is 0 Å². The first-order chi connectivity index (χ1) is 11.0. The second-order valence-electron chi connectivity index (χ2n) is 5.64. The van der Waals surface area contributed by atoms with Crippen molar-refractivity contribution < 1.29 is 9.59 Å². The summed E-state index contributed by atoms with van der Waals surface area (Å²) in [5.74, 6) is 0. The van der Waals surface area contributed by atoms with Crippen molar-refractivity contribution in [1.82, 2.24) is 0 Å². The van der Waals surface area contributed by atoms with Crippen LogP contribution in [0.2, 0.25) is 0 Å². The fourth-order valence-corrected chi connectivity index (χ4v) is 2.70. The van der Waals surface area contributed by atoms with Crippen LogP contribution in [0.4, 0.5) is 11.4 Å². The zero-order valence-corrected chi connectivity index (χ0v) is 13.5. The van der Waals surface area contributed by atoms with Gasteiger partial charge in [0.05, 0.1) is 11.4 Å². The topological polar surface area (TPSA) is 58.9 Å². The zero-order valence-electron chi connectivity index (χ0n) is 13.5. The minimum absolute atomic E-state index is 0.183. The lowest BCUT2D eigenvalue weighted by Crippen LogP contribution is -2.22. The molecule has 0 heterocycles. The molecule has 2 aromatic carbocycles. The van der Waals surface area contributed by atoms with Crippen LogP contribution in [0.25, 0.3) is 0 Å². The summed E-state index contributed by atoms with van der Waals surface area (Å²) in [5.41, 5.74) is 4.27. The van der Waals surface area contributed by atoms with E-state index in [0.29, 0.717) is 11.4 Å². The van der Waals surface area contributed by atoms with Gasteiger partial charge in [0, 0.05) is 5.41 Å². The summed E-state index contributed by atoms with van der Waals surface area (Å²) in [4.78, 5) is 28.1. The SMILES string of the molecule is CCC(C)(c1ccc(N=C=O)cc1)c1ccc(N=C=O)c(C)c1. The van der Waals surface area contributed by atoms with Crippen LogP contribution < -0.4 is 0 Å². The molecule has 23 heavy (non-hydrogen) atoms. The maximum absolute atomic E-state index is 10.4. The number of carbonyl (C=O) groups excluding carboxylic acids is 2. The highest BCUT2D eigenvalue weighted by atomic mass is 16.1. The van der Waals surface area contributed by atoms with Gasteiger partial charge in [-0.2, -0.15) is 9.98 Å². The molecule has 0 radical (unpaired) electrons. The Morgan fingerprint density at radius 1 is 0.957 bits per heavy atom. The number of benzene rings is 2. The molecule has 0 fully saturated rings. The first-order valence-electron chi connectivity index (χ1n) is 7.42. The Morgan fingerprint density at radius 2 is 1.57 bits per heavy atom. The highest BCUT2D eigenvalue weighted by Gasteiger charge is 2.27. The van der Waals surface area contributed by atoms with E-state index in [9.17, 15) is 9.59 Å². The summed E-state index contributed by atoms with van der Waals surface area (Å²) in [6, 6.07) is 13.5. The van der Waals surface area contributed by atoms with E-state index in [0.717, 1.165) is 23.1 Å². The Labute approximate surface area is 135 Å². The van der Waals surface area contributed by atoms with E-state index in [1.54, 1.807) is 12.2 Å². The highest BCUT2D eigenvalue weighted by Crippen LogP contribution is 2.37. The van der Waals surface area contributed by atoms with Crippen LogP contribution in [-0.2, 0) is 15.0 Å². The molecule has 2 aromatic rings. The number of aryl methyl sites for hydroxylation is 1. The van der Waals surface area contributed by atoms with Gasteiger partial charge in [0.25, 0.3) is 0 Å². The average Bonchev–Trinajstić information content (AvgIpc) is 2.57. The fourth-order valence-electron chi connectivity index (χ4n) is 2.70. The van der Waals surface area contributed by atoms with Crippen molar-refractivity contribution in [3.63, 3.8) is 0 Å². The molecule has 1 atom stereocenters. The first kappa shape index (κ1) is 16.6. The molecule has 2 rings (SSSR count). The van der Waals surface area contributed by atoms with Crippen LogP contribution in [0.3, 0.4) is 0 Å². The molecule has 0 aromatic heterocycles. The van der Waals surface area contributed by atoms with Gasteiger partial charge in [-0.3, -0.25) is 0 Å². The van der Waals surface area contributed by atoms with Crippen molar-refractivity contribution in [3.8, 4) is 0 Å². The molecule has 1 unspecified atom stereocenters. The van der Waals surface area contributed by atoms with Gasteiger partial charge in [0.1, 0.15) is 0 Å². The van der Waals surface area contributed by atoms with Gasteiger partial charge in [0.15, 0.2) is 0 Å². The van der Waals surface area contributed by atoms with Crippen LogP contribution >= 0.6 is 0 Å². The van der Waals surface area contributed by atoms with Gasteiger partial charge in [-0.25, -0.2) is 9.59 Å². The molecule has 0 aliphatic carbocycles. The molecule has 4 nitrogen and oxygen atoms in total. The molecule has 0 spiro atoms. The molecule has 0 aliphatic rings. The standard InChI is InChI=1S/C19H18N2O2/c1-4-19(3,15-5-8-17(9-6-15)20-12-22)16-7-10-18(21-13-23)14(2)11-16/h5-11H,4H2,1-3H3. The van der Waals surface area contributed by atoms with Crippen molar-refractivity contribution in [3.05, 3.63) is 59.2 Å². The minimum atomic E-state index is -0.183. The molecular formula is C19H18N2O2. The molecule has 4 heteroatoms. The van der Waals surface area contributed by atoms with Gasteiger partial charge in [-0.1, -0.05) is 38.1 Å². The van der Waals surface area contributed by atoms with Crippen molar-refractivity contribution in [2.45, 2.75) is 32.6 Å². The lowest BCUT2D eigenvalue weighted by molar-refractivity contribution is 0.549. The van der Waals surface area contributed by atoms with Gasteiger partial charge in [-0.15, -0.1) is 0 Å². The number of rotatable bonds is 5. The number of aliphatic imine (C=N–C) groups is 2. The molecule has 116 valence electrons. The predicted molar refractivity (Wildman–Crippen MR) is 89.9 cm³/mol. The number of hydrogen-bond donors (Lipinski definition) is 0. The van der Waals surface area contributed by atoms with E-state index in [1.807, 2.05) is 43.3 Å². The van der Waals surface area contributed by atoms with Crippen molar-refractivity contribution >= 4 is 23.5 Å². The van der Waals surface area contributed by atoms with Crippen LogP contribution in [0.15, 0.2) is 52.4 Å². The van der Waals surface area contributed by atoms with E-state index in [2.05, 4.69) is 29.9 Å². The first-order valence-corrected chi connectivity index (χ1v) is 7.42. The van der Waals surface area contributed by atoms with E-state index < -0.39 is 0 Å². The summed E-state index contributed by atoms with van der Waals surface area (Å²) in [6.07, 6.45) is 4.03. The lowest BCUT2D eigenvalue weighted by Gasteiger charge is -2.30. The molecule has 0 saturated heterocycles. The quantitative estimate of drug-likeness (QED) is 0.596. The van der Waals surface area contributed by atoms with Crippen molar-refractivity contribution in [2.24, 2.45) is 9.98 Å². The Balaban J connectivity index is 2.49. The molecule has 0 aliphatic heterocycles. The predicted octanol–water partition coefficient (Wildman–Crippen LogP) is 4.65. The summed E-state index contributed by atoms with van der Waals surface area (Å²) in [7, 11) is 0. The second kappa shape index (κ2) is 6.97. The average molecular weight is 306 g/mol. The molecule has 0 saturated carbocycles. The van der Waals surface area contributed by atoms with Crippen LogP contribution in [0.1, 0.15) is 37.0 Å². The molecule has 0 bridgehead atoms. The van der Waals surface area contributed by atoms with Crippen LogP contribution in [0, 0.1) is 6.92 Å². The third-order valence-electron chi connectivity index (χ3n) is 4.39. The largest absolute Gasteiger partial charge is 0.240 e. The number of nitrogens with zero attached hydrogens (tertiary/aromatic N) is 2. The second-order valence-corrected chi connectivity index (χ2v) is 5.64. The minimum Gasteiger partial charge on any atom is -0.211 e. The molecule has 0 N–H and O–H groups in total. The zero-order chi connectivity index (χ0) is 16.9. The number of isocyanates is 2. The van der Waals surface area contributed by atoms with Gasteiger partial charge in [0.2, 0.25) is 12.2 Å². The van der Waals surface area contributed by atoms with E-state index in [4.69, 9.17) is 0 Å². The third kappa shape index (κ3) is 3.35. The van der Waals surface area contributed by atoms with E-state index in [-0.39, 0.29) is 5.41 Å². The highest BCUT2D eigenvalue weighted by molar-refractivity contribution is 5.56. The van der Waals surface area contributed by atoms with Crippen LogP contribution in [-0.4, -0.2) is 12.2 Å². The maximum Gasteiger partial charge on any atom is 0.240 e. The van der Waals surface area contributed by atoms with Gasteiger partial charge >= 0.3 is 0 Å². The summed E-state index contributed by atoms with van der Waals surface area (Å²) in [5, 5.41) is 0. The molecular weight excluding hydrogens is 288 g/mol. The molecule has 0 amide bonds.